The van der Waals surface area contributed by atoms with E-state index in [0.29, 0.717) is 5.92 Å². The number of halogens is 1. The summed E-state index contributed by atoms with van der Waals surface area (Å²) >= 11 is 7.51. The number of hydrogen-bond donors (Lipinski definition) is 1. The Bertz CT molecular complexity index is 296. The first-order chi connectivity index (χ1) is 6.68. The molecule has 1 aromatic rings. The van der Waals surface area contributed by atoms with E-state index in [1.807, 2.05) is 13.0 Å². The monoisotopic (exact) mass is 230 g/mol. The molecule has 1 aliphatic rings. The van der Waals surface area contributed by atoms with Crippen molar-refractivity contribution in [3.05, 3.63) is 20.8 Å². The summed E-state index contributed by atoms with van der Waals surface area (Å²) in [7, 11) is 0. The van der Waals surface area contributed by atoms with E-state index in [2.05, 4.69) is 0 Å². The molecule has 1 N–H and O–H groups in total. The van der Waals surface area contributed by atoms with Crippen molar-refractivity contribution in [2.24, 2.45) is 5.92 Å². The molecule has 78 valence electrons. The molecule has 1 unspecified atom stereocenters. The van der Waals surface area contributed by atoms with Crippen molar-refractivity contribution < 1.29 is 5.11 Å². The van der Waals surface area contributed by atoms with Crippen molar-refractivity contribution in [2.75, 3.05) is 0 Å². The van der Waals surface area contributed by atoms with Gasteiger partial charge in [-0.05, 0) is 37.3 Å². The van der Waals surface area contributed by atoms with Crippen LogP contribution < -0.4 is 0 Å². The van der Waals surface area contributed by atoms with Crippen LogP contribution >= 0.6 is 22.9 Å². The van der Waals surface area contributed by atoms with Crippen molar-refractivity contribution in [3.8, 4) is 0 Å². The molecular weight excluding hydrogens is 216 g/mol. The molecule has 0 spiro atoms. The highest BCUT2D eigenvalue weighted by atomic mass is 35.5. The highest BCUT2D eigenvalue weighted by molar-refractivity contribution is 7.16. The lowest BCUT2D eigenvalue weighted by Crippen LogP contribution is -2.06. The molecule has 0 amide bonds. The highest BCUT2D eigenvalue weighted by Gasteiger charge is 2.25. The van der Waals surface area contributed by atoms with Crippen molar-refractivity contribution in [3.63, 3.8) is 0 Å². The fourth-order valence-electron chi connectivity index (χ4n) is 2.13. The number of aliphatic hydroxyl groups is 1. The predicted octanol–water partition coefficient (Wildman–Crippen LogP) is 3.93. The third kappa shape index (κ3) is 1.97. The molecule has 0 bridgehead atoms. The van der Waals surface area contributed by atoms with E-state index in [1.165, 1.54) is 24.2 Å². The fraction of sp³-hybridized carbons (Fsp3) is 0.636. The molecule has 3 heteroatoms. The van der Waals surface area contributed by atoms with Gasteiger partial charge in [-0.3, -0.25) is 0 Å². The highest BCUT2D eigenvalue weighted by Crippen LogP contribution is 2.40. The second kappa shape index (κ2) is 4.21. The Labute approximate surface area is 93.7 Å². The van der Waals surface area contributed by atoms with E-state index in [4.69, 9.17) is 11.6 Å². The van der Waals surface area contributed by atoms with Crippen LogP contribution in [0.25, 0.3) is 0 Å². The van der Waals surface area contributed by atoms with Crippen LogP contribution in [0.2, 0.25) is 4.34 Å². The minimum absolute atomic E-state index is 0.284. The molecule has 1 saturated carbocycles. The zero-order valence-corrected chi connectivity index (χ0v) is 9.87. The molecule has 1 aliphatic carbocycles. The summed E-state index contributed by atoms with van der Waals surface area (Å²) in [5, 5.41) is 10.1. The van der Waals surface area contributed by atoms with Crippen molar-refractivity contribution in [1.29, 1.82) is 0 Å². The Morgan fingerprint density at radius 1 is 1.50 bits per heavy atom. The Morgan fingerprint density at radius 2 is 2.14 bits per heavy atom. The maximum Gasteiger partial charge on any atom is 0.0961 e. The van der Waals surface area contributed by atoms with E-state index in [0.717, 1.165) is 27.6 Å². The average Bonchev–Trinajstić information content (AvgIpc) is 2.76. The molecule has 1 aromatic heterocycles. The first-order valence-electron chi connectivity index (χ1n) is 5.12. The minimum atomic E-state index is -0.284. The molecule has 1 heterocycles. The Kier molecular flexibility index (Phi) is 3.15. The molecule has 1 fully saturated rings. The summed E-state index contributed by atoms with van der Waals surface area (Å²) in [4.78, 5) is 1.04. The van der Waals surface area contributed by atoms with Crippen LogP contribution in [0.3, 0.4) is 0 Å². The molecule has 1 nitrogen and oxygen atoms in total. The molecule has 0 radical (unpaired) electrons. The van der Waals surface area contributed by atoms with E-state index >= 15 is 0 Å². The number of aliphatic hydroxyl groups excluding tert-OH is 1. The van der Waals surface area contributed by atoms with Crippen LogP contribution in [0.4, 0.5) is 0 Å². The normalized spacial score (nSPS) is 20.2. The SMILES string of the molecule is Cc1cc(C(O)C2CCCC2)sc1Cl. The number of aryl methyl sites for hydroxylation is 1. The van der Waals surface area contributed by atoms with Gasteiger partial charge in [0.2, 0.25) is 0 Å². The third-order valence-electron chi connectivity index (χ3n) is 3.01. The second-order valence-electron chi connectivity index (χ2n) is 4.09. The van der Waals surface area contributed by atoms with Gasteiger partial charge < -0.3 is 5.11 Å². The van der Waals surface area contributed by atoms with Crippen LogP contribution in [0.1, 0.15) is 42.2 Å². The fourth-order valence-corrected chi connectivity index (χ4v) is 3.43. The van der Waals surface area contributed by atoms with Crippen LogP contribution in [-0.2, 0) is 0 Å². The van der Waals surface area contributed by atoms with Gasteiger partial charge in [0.25, 0.3) is 0 Å². The van der Waals surface area contributed by atoms with Gasteiger partial charge in [0.1, 0.15) is 0 Å². The molecular formula is C11H15ClOS. The third-order valence-corrected chi connectivity index (χ3v) is 4.64. The van der Waals surface area contributed by atoms with Crippen LogP contribution in [0, 0.1) is 12.8 Å². The van der Waals surface area contributed by atoms with Gasteiger partial charge in [0, 0.05) is 4.88 Å². The first kappa shape index (κ1) is 10.5. The van der Waals surface area contributed by atoms with Gasteiger partial charge in [-0.2, -0.15) is 0 Å². The van der Waals surface area contributed by atoms with E-state index < -0.39 is 0 Å². The quantitative estimate of drug-likeness (QED) is 0.816. The van der Waals surface area contributed by atoms with Crippen molar-refractivity contribution in [1.82, 2.24) is 0 Å². The standard InChI is InChI=1S/C11H15ClOS/c1-7-6-9(14-11(7)12)10(13)8-4-2-3-5-8/h6,8,10,13H,2-5H2,1H3. The number of thiophene rings is 1. The number of rotatable bonds is 2. The van der Waals surface area contributed by atoms with Crippen LogP contribution in [-0.4, -0.2) is 5.11 Å². The topological polar surface area (TPSA) is 20.2 Å². The largest absolute Gasteiger partial charge is 0.387 e. The van der Waals surface area contributed by atoms with Gasteiger partial charge >= 0.3 is 0 Å². The summed E-state index contributed by atoms with van der Waals surface area (Å²) in [6, 6.07) is 2.02. The van der Waals surface area contributed by atoms with Gasteiger partial charge in [-0.25, -0.2) is 0 Å². The molecule has 0 aliphatic heterocycles. The summed E-state index contributed by atoms with van der Waals surface area (Å²) in [6.07, 6.45) is 4.57. The molecule has 2 rings (SSSR count). The average molecular weight is 231 g/mol. The molecule has 0 aromatic carbocycles. The zero-order chi connectivity index (χ0) is 10.1. The number of hydrogen-bond acceptors (Lipinski definition) is 2. The lowest BCUT2D eigenvalue weighted by atomic mass is 9.99. The lowest BCUT2D eigenvalue weighted by molar-refractivity contribution is 0.115. The van der Waals surface area contributed by atoms with E-state index in [1.54, 1.807) is 0 Å². The second-order valence-corrected chi connectivity index (χ2v) is 5.78. The van der Waals surface area contributed by atoms with Gasteiger partial charge in [0.05, 0.1) is 10.4 Å². The van der Waals surface area contributed by atoms with Gasteiger partial charge in [-0.1, -0.05) is 24.4 Å². The Balaban J connectivity index is 2.13. The Morgan fingerprint density at radius 3 is 2.64 bits per heavy atom. The molecule has 0 saturated heterocycles. The summed E-state index contributed by atoms with van der Waals surface area (Å²) < 4.78 is 0.817. The van der Waals surface area contributed by atoms with Crippen LogP contribution in [0.5, 0.6) is 0 Å². The maximum atomic E-state index is 10.1. The van der Waals surface area contributed by atoms with Gasteiger partial charge in [0.15, 0.2) is 0 Å². The molecule has 14 heavy (non-hydrogen) atoms. The van der Waals surface area contributed by atoms with Gasteiger partial charge in [-0.15, -0.1) is 11.3 Å². The minimum Gasteiger partial charge on any atom is -0.387 e. The summed E-state index contributed by atoms with van der Waals surface area (Å²) in [5.41, 5.74) is 1.09. The van der Waals surface area contributed by atoms with Crippen molar-refractivity contribution >= 4 is 22.9 Å². The Hall–Kier alpha value is -0.0500. The van der Waals surface area contributed by atoms with Crippen LogP contribution in [0.15, 0.2) is 6.07 Å². The first-order valence-corrected chi connectivity index (χ1v) is 6.32. The summed E-state index contributed by atoms with van der Waals surface area (Å²) in [5.74, 6) is 0.462. The predicted molar refractivity (Wildman–Crippen MR) is 61.0 cm³/mol. The van der Waals surface area contributed by atoms with Crippen molar-refractivity contribution in [2.45, 2.75) is 38.7 Å². The smallest absolute Gasteiger partial charge is 0.0961 e. The zero-order valence-electron chi connectivity index (χ0n) is 8.29. The summed E-state index contributed by atoms with van der Waals surface area (Å²) in [6.45, 7) is 1.99. The maximum absolute atomic E-state index is 10.1. The molecule has 1 atom stereocenters. The van der Waals surface area contributed by atoms with E-state index in [9.17, 15) is 5.11 Å². The van der Waals surface area contributed by atoms with E-state index in [-0.39, 0.29) is 6.10 Å². The lowest BCUT2D eigenvalue weighted by Gasteiger charge is -2.15.